The molecule has 5 heteroatoms. The largest absolute Gasteiger partial charge is 0.388 e. The van der Waals surface area contributed by atoms with Crippen LogP contribution in [-0.2, 0) is 9.53 Å². The van der Waals surface area contributed by atoms with Gasteiger partial charge in [-0.15, -0.1) is 0 Å². The lowest BCUT2D eigenvalue weighted by Gasteiger charge is -2.30. The summed E-state index contributed by atoms with van der Waals surface area (Å²) < 4.78 is 5.44. The predicted octanol–water partition coefficient (Wildman–Crippen LogP) is 0.620. The molecule has 1 amide bonds. The van der Waals surface area contributed by atoms with Crippen molar-refractivity contribution in [3.63, 3.8) is 0 Å². The number of rotatable bonds is 6. The van der Waals surface area contributed by atoms with Gasteiger partial charge in [-0.05, 0) is 32.7 Å². The Kier molecular flexibility index (Phi) is 6.23. The zero-order valence-corrected chi connectivity index (χ0v) is 12.6. The smallest absolute Gasteiger partial charge is 0.250 e. The predicted molar refractivity (Wildman–Crippen MR) is 74.9 cm³/mol. The molecule has 2 unspecified atom stereocenters. The van der Waals surface area contributed by atoms with Crippen molar-refractivity contribution in [3.8, 4) is 0 Å². The van der Waals surface area contributed by atoms with Gasteiger partial charge in [0.1, 0.15) is 6.10 Å². The first-order chi connectivity index (χ1) is 8.80. The third-order valence-electron chi connectivity index (χ3n) is 3.47. The molecule has 0 aromatic heterocycles. The van der Waals surface area contributed by atoms with Gasteiger partial charge in [0.15, 0.2) is 0 Å². The number of morpholine rings is 1. The lowest BCUT2D eigenvalue weighted by atomic mass is 9.95. The highest BCUT2D eigenvalue weighted by Crippen LogP contribution is 2.15. The molecule has 2 N–H and O–H groups in total. The van der Waals surface area contributed by atoms with Crippen LogP contribution in [0.15, 0.2) is 0 Å². The van der Waals surface area contributed by atoms with E-state index in [1.165, 1.54) is 0 Å². The normalized spacial score (nSPS) is 24.2. The third-order valence-corrected chi connectivity index (χ3v) is 3.47. The standard InChI is InChI=1S/C14H28N2O3/c1-11(2)5-6-14(3,18)10-15-13(17)12-9-16(4)7-8-19-12/h11-12,18H,5-10H2,1-4H3,(H,15,17). The topological polar surface area (TPSA) is 61.8 Å². The quantitative estimate of drug-likeness (QED) is 0.744. The number of ether oxygens (including phenoxy) is 1. The molecule has 0 aromatic carbocycles. The zero-order chi connectivity index (χ0) is 14.5. The van der Waals surface area contributed by atoms with Gasteiger partial charge in [-0.2, -0.15) is 0 Å². The lowest BCUT2D eigenvalue weighted by molar-refractivity contribution is -0.139. The molecule has 2 atom stereocenters. The molecular formula is C14H28N2O3. The number of hydrogen-bond donors (Lipinski definition) is 2. The number of hydrogen-bond acceptors (Lipinski definition) is 4. The molecule has 19 heavy (non-hydrogen) atoms. The van der Waals surface area contributed by atoms with Crippen molar-refractivity contribution in [1.29, 1.82) is 0 Å². The third kappa shape index (κ3) is 6.36. The Labute approximate surface area is 116 Å². The Bertz CT molecular complexity index is 292. The Morgan fingerprint density at radius 2 is 2.26 bits per heavy atom. The second-order valence-corrected chi connectivity index (χ2v) is 6.27. The van der Waals surface area contributed by atoms with Gasteiger partial charge in [-0.3, -0.25) is 4.79 Å². The van der Waals surface area contributed by atoms with E-state index in [4.69, 9.17) is 4.74 Å². The zero-order valence-electron chi connectivity index (χ0n) is 12.6. The van der Waals surface area contributed by atoms with E-state index in [2.05, 4.69) is 24.1 Å². The average Bonchev–Trinajstić information content (AvgIpc) is 2.34. The number of nitrogens with zero attached hydrogens (tertiary/aromatic N) is 1. The number of nitrogens with one attached hydrogen (secondary N) is 1. The number of carbonyl (C=O) groups is 1. The molecule has 0 aliphatic carbocycles. The monoisotopic (exact) mass is 272 g/mol. The maximum absolute atomic E-state index is 12.0. The Hall–Kier alpha value is -0.650. The minimum Gasteiger partial charge on any atom is -0.388 e. The van der Waals surface area contributed by atoms with Gasteiger partial charge in [0.05, 0.1) is 12.2 Å². The van der Waals surface area contributed by atoms with Crippen LogP contribution in [-0.4, -0.2) is 60.9 Å². The van der Waals surface area contributed by atoms with Crippen molar-refractivity contribution < 1.29 is 14.6 Å². The number of carbonyl (C=O) groups excluding carboxylic acids is 1. The molecule has 1 aliphatic rings. The van der Waals surface area contributed by atoms with Crippen molar-refractivity contribution in [3.05, 3.63) is 0 Å². The van der Waals surface area contributed by atoms with E-state index in [1.807, 2.05) is 7.05 Å². The molecule has 0 spiro atoms. The number of aliphatic hydroxyl groups is 1. The van der Waals surface area contributed by atoms with Crippen LogP contribution in [0, 0.1) is 5.92 Å². The van der Waals surface area contributed by atoms with Gasteiger partial charge in [0.25, 0.3) is 5.91 Å². The molecule has 1 rings (SSSR count). The molecule has 1 fully saturated rings. The fraction of sp³-hybridized carbons (Fsp3) is 0.929. The molecular weight excluding hydrogens is 244 g/mol. The maximum Gasteiger partial charge on any atom is 0.250 e. The van der Waals surface area contributed by atoms with E-state index < -0.39 is 11.7 Å². The van der Waals surface area contributed by atoms with Crippen LogP contribution in [0.25, 0.3) is 0 Å². The van der Waals surface area contributed by atoms with Crippen LogP contribution in [0.2, 0.25) is 0 Å². The fourth-order valence-electron chi connectivity index (χ4n) is 2.02. The minimum atomic E-state index is -0.847. The maximum atomic E-state index is 12.0. The van der Waals surface area contributed by atoms with Crippen LogP contribution in [0.4, 0.5) is 0 Å². The summed E-state index contributed by atoms with van der Waals surface area (Å²) >= 11 is 0. The molecule has 1 saturated heterocycles. The summed E-state index contributed by atoms with van der Waals surface area (Å²) in [5.41, 5.74) is -0.847. The summed E-state index contributed by atoms with van der Waals surface area (Å²) in [5, 5.41) is 13.0. The van der Waals surface area contributed by atoms with E-state index in [9.17, 15) is 9.90 Å². The first-order valence-corrected chi connectivity index (χ1v) is 7.10. The van der Waals surface area contributed by atoms with E-state index in [0.29, 0.717) is 25.5 Å². The van der Waals surface area contributed by atoms with Crippen molar-refractivity contribution in [1.82, 2.24) is 10.2 Å². The molecule has 0 saturated carbocycles. The number of amides is 1. The molecule has 0 aromatic rings. The van der Waals surface area contributed by atoms with Crippen LogP contribution < -0.4 is 5.32 Å². The van der Waals surface area contributed by atoms with Crippen molar-refractivity contribution in [2.45, 2.75) is 45.3 Å². The van der Waals surface area contributed by atoms with E-state index >= 15 is 0 Å². The van der Waals surface area contributed by atoms with Gasteiger partial charge >= 0.3 is 0 Å². The first-order valence-electron chi connectivity index (χ1n) is 7.10. The van der Waals surface area contributed by atoms with Crippen LogP contribution in [0.1, 0.15) is 33.6 Å². The van der Waals surface area contributed by atoms with E-state index in [-0.39, 0.29) is 12.5 Å². The van der Waals surface area contributed by atoms with E-state index in [1.54, 1.807) is 6.92 Å². The second kappa shape index (κ2) is 7.22. The highest BCUT2D eigenvalue weighted by Gasteiger charge is 2.27. The first kappa shape index (κ1) is 16.4. The second-order valence-electron chi connectivity index (χ2n) is 6.27. The fourth-order valence-corrected chi connectivity index (χ4v) is 2.02. The molecule has 0 bridgehead atoms. The summed E-state index contributed by atoms with van der Waals surface area (Å²) in [6.07, 6.45) is 1.22. The molecule has 112 valence electrons. The summed E-state index contributed by atoms with van der Waals surface area (Å²) in [7, 11) is 1.97. The minimum absolute atomic E-state index is 0.128. The summed E-state index contributed by atoms with van der Waals surface area (Å²) in [6.45, 7) is 8.35. The summed E-state index contributed by atoms with van der Waals surface area (Å²) in [5.74, 6) is 0.425. The van der Waals surface area contributed by atoms with Gasteiger partial charge < -0.3 is 20.1 Å². The highest BCUT2D eigenvalue weighted by atomic mass is 16.5. The lowest BCUT2D eigenvalue weighted by Crippen LogP contribution is -2.51. The molecule has 1 heterocycles. The summed E-state index contributed by atoms with van der Waals surface area (Å²) in [4.78, 5) is 14.0. The van der Waals surface area contributed by atoms with Gasteiger partial charge in [-0.1, -0.05) is 13.8 Å². The van der Waals surface area contributed by atoms with Gasteiger partial charge in [0.2, 0.25) is 0 Å². The van der Waals surface area contributed by atoms with Crippen LogP contribution in [0.5, 0.6) is 0 Å². The van der Waals surface area contributed by atoms with Gasteiger partial charge in [-0.25, -0.2) is 0 Å². The Morgan fingerprint density at radius 3 is 2.84 bits per heavy atom. The van der Waals surface area contributed by atoms with Crippen molar-refractivity contribution >= 4 is 5.91 Å². The number of likely N-dealkylation sites (N-methyl/N-ethyl adjacent to an activating group) is 1. The average molecular weight is 272 g/mol. The van der Waals surface area contributed by atoms with Crippen LogP contribution in [0.3, 0.4) is 0 Å². The molecule has 1 aliphatic heterocycles. The SMILES string of the molecule is CC(C)CCC(C)(O)CNC(=O)C1CN(C)CCO1. The Balaban J connectivity index is 2.32. The van der Waals surface area contributed by atoms with E-state index in [0.717, 1.165) is 13.0 Å². The Morgan fingerprint density at radius 1 is 1.58 bits per heavy atom. The van der Waals surface area contributed by atoms with Crippen LogP contribution >= 0.6 is 0 Å². The molecule has 0 radical (unpaired) electrons. The molecule has 5 nitrogen and oxygen atoms in total. The summed E-state index contributed by atoms with van der Waals surface area (Å²) in [6, 6.07) is 0. The van der Waals surface area contributed by atoms with Crippen molar-refractivity contribution in [2.75, 3.05) is 33.3 Å². The van der Waals surface area contributed by atoms with Gasteiger partial charge in [0, 0.05) is 19.6 Å². The highest BCUT2D eigenvalue weighted by molar-refractivity contribution is 5.81. The van der Waals surface area contributed by atoms with Crippen molar-refractivity contribution in [2.24, 2.45) is 5.92 Å².